The number of rotatable bonds is 6. The lowest BCUT2D eigenvalue weighted by molar-refractivity contribution is 0.439. The quantitative estimate of drug-likeness (QED) is 0.371. The van der Waals surface area contributed by atoms with Crippen LogP contribution in [-0.2, 0) is 5.41 Å². The van der Waals surface area contributed by atoms with Crippen molar-refractivity contribution in [2.75, 3.05) is 0 Å². The third-order valence-corrected chi connectivity index (χ3v) is 7.09. The monoisotopic (exact) mass is 402 g/mol. The number of hydrogen-bond acceptors (Lipinski definition) is 1. The van der Waals surface area contributed by atoms with E-state index in [4.69, 9.17) is 0 Å². The fraction of sp³-hybridized carbons (Fsp3) is 0.357. The zero-order valence-electron chi connectivity index (χ0n) is 18.8. The van der Waals surface area contributed by atoms with Gasteiger partial charge < -0.3 is 0 Å². The summed E-state index contributed by atoms with van der Waals surface area (Å²) in [5.74, 6) is 0. The van der Waals surface area contributed by atoms with E-state index in [0.29, 0.717) is 0 Å². The maximum Gasteiger partial charge on any atom is 0.0122 e. The molecule has 0 fully saturated rings. The van der Waals surface area contributed by atoms with Gasteiger partial charge in [-0.1, -0.05) is 102 Å². The van der Waals surface area contributed by atoms with Crippen molar-refractivity contribution in [3.05, 3.63) is 78.4 Å². The highest BCUT2D eigenvalue weighted by molar-refractivity contribution is 8.00. The minimum Gasteiger partial charge on any atom is -0.120 e. The fourth-order valence-electron chi connectivity index (χ4n) is 3.65. The van der Waals surface area contributed by atoms with Crippen molar-refractivity contribution >= 4 is 11.8 Å². The number of benzene rings is 3. The molecule has 0 spiro atoms. The summed E-state index contributed by atoms with van der Waals surface area (Å²) in [6.45, 7) is 13.7. The summed E-state index contributed by atoms with van der Waals surface area (Å²) in [6, 6.07) is 27.0. The normalized spacial score (nSPS) is 12.2. The average molecular weight is 403 g/mol. The summed E-state index contributed by atoms with van der Waals surface area (Å²) in [5, 5.41) is 0. The van der Waals surface area contributed by atoms with Gasteiger partial charge in [0.1, 0.15) is 0 Å². The van der Waals surface area contributed by atoms with Crippen LogP contribution in [-0.4, -0.2) is 4.75 Å². The molecule has 3 aromatic carbocycles. The van der Waals surface area contributed by atoms with Crippen LogP contribution < -0.4 is 0 Å². The Hall–Kier alpha value is -1.99. The predicted molar refractivity (Wildman–Crippen MR) is 131 cm³/mol. The standard InChI is InChI=1S/C28H34S/c1-7-28(6,8-2)25-17-13-23(14-18-25)21-9-11-22(12-10-21)24-15-19-26(20-16-24)29-27(3,4)5/h9-20H,7-8H2,1-6H3. The Balaban J connectivity index is 1.76. The second kappa shape index (κ2) is 8.79. The van der Waals surface area contributed by atoms with Crippen molar-refractivity contribution in [2.24, 2.45) is 0 Å². The Kier molecular flexibility index (Phi) is 6.58. The van der Waals surface area contributed by atoms with Crippen molar-refractivity contribution in [1.82, 2.24) is 0 Å². The molecule has 152 valence electrons. The summed E-state index contributed by atoms with van der Waals surface area (Å²) in [6.07, 6.45) is 2.34. The van der Waals surface area contributed by atoms with Crippen LogP contribution in [0.25, 0.3) is 22.3 Å². The van der Waals surface area contributed by atoms with E-state index >= 15 is 0 Å². The zero-order chi connectivity index (χ0) is 21.1. The Morgan fingerprint density at radius 1 is 0.552 bits per heavy atom. The molecule has 3 aromatic rings. The van der Waals surface area contributed by atoms with Gasteiger partial charge in [-0.05, 0) is 58.2 Å². The van der Waals surface area contributed by atoms with E-state index in [9.17, 15) is 0 Å². The highest BCUT2D eigenvalue weighted by atomic mass is 32.2. The van der Waals surface area contributed by atoms with Gasteiger partial charge in [0.25, 0.3) is 0 Å². The summed E-state index contributed by atoms with van der Waals surface area (Å²) >= 11 is 1.91. The van der Waals surface area contributed by atoms with Gasteiger partial charge in [0.2, 0.25) is 0 Å². The van der Waals surface area contributed by atoms with Gasteiger partial charge in [0.15, 0.2) is 0 Å². The van der Waals surface area contributed by atoms with Crippen LogP contribution in [0.2, 0.25) is 0 Å². The van der Waals surface area contributed by atoms with Crippen LogP contribution in [0.3, 0.4) is 0 Å². The second-order valence-electron chi connectivity index (χ2n) is 9.16. The van der Waals surface area contributed by atoms with Crippen LogP contribution >= 0.6 is 11.8 Å². The van der Waals surface area contributed by atoms with Crippen molar-refractivity contribution in [3.8, 4) is 22.3 Å². The van der Waals surface area contributed by atoms with E-state index in [0.717, 1.165) is 0 Å². The molecule has 0 aromatic heterocycles. The minimum atomic E-state index is 0.240. The highest BCUT2D eigenvalue weighted by Crippen LogP contribution is 2.34. The van der Waals surface area contributed by atoms with Gasteiger partial charge in [-0.15, -0.1) is 11.8 Å². The third-order valence-electron chi connectivity index (χ3n) is 5.97. The molecule has 0 amide bonds. The lowest BCUT2D eigenvalue weighted by Crippen LogP contribution is -2.19. The molecule has 0 saturated carbocycles. The van der Waals surface area contributed by atoms with E-state index in [2.05, 4.69) is 114 Å². The Labute approximate surface area is 181 Å². The maximum atomic E-state index is 2.36. The first kappa shape index (κ1) is 21.7. The molecule has 0 unspecified atom stereocenters. The molecule has 29 heavy (non-hydrogen) atoms. The Morgan fingerprint density at radius 2 is 0.897 bits per heavy atom. The molecule has 0 radical (unpaired) electrons. The summed E-state index contributed by atoms with van der Waals surface area (Å²) in [7, 11) is 0. The van der Waals surface area contributed by atoms with Crippen LogP contribution in [0.4, 0.5) is 0 Å². The topological polar surface area (TPSA) is 0 Å². The SMILES string of the molecule is CCC(C)(CC)c1ccc(-c2ccc(-c3ccc(SC(C)(C)C)cc3)cc2)cc1. The fourth-order valence-corrected chi connectivity index (χ4v) is 4.63. The Bertz CT molecular complexity index is 906. The first-order valence-electron chi connectivity index (χ1n) is 10.7. The van der Waals surface area contributed by atoms with Gasteiger partial charge in [0, 0.05) is 9.64 Å². The molecule has 0 aliphatic carbocycles. The molecule has 0 nitrogen and oxygen atoms in total. The second-order valence-corrected chi connectivity index (χ2v) is 11.1. The van der Waals surface area contributed by atoms with Crippen LogP contribution in [0.1, 0.15) is 59.9 Å². The molecule has 0 heterocycles. The van der Waals surface area contributed by atoms with Crippen molar-refractivity contribution in [1.29, 1.82) is 0 Å². The van der Waals surface area contributed by atoms with E-state index in [-0.39, 0.29) is 10.2 Å². The molecule has 0 aliphatic rings. The molecule has 0 atom stereocenters. The van der Waals surface area contributed by atoms with E-state index < -0.39 is 0 Å². The van der Waals surface area contributed by atoms with Crippen LogP contribution in [0, 0.1) is 0 Å². The van der Waals surface area contributed by atoms with Crippen molar-refractivity contribution in [2.45, 2.75) is 69.4 Å². The Morgan fingerprint density at radius 3 is 1.24 bits per heavy atom. The highest BCUT2D eigenvalue weighted by Gasteiger charge is 2.21. The van der Waals surface area contributed by atoms with Crippen LogP contribution in [0.5, 0.6) is 0 Å². The van der Waals surface area contributed by atoms with E-state index in [1.54, 1.807) is 0 Å². The molecule has 3 rings (SSSR count). The molecule has 0 bridgehead atoms. The van der Waals surface area contributed by atoms with Gasteiger partial charge in [-0.2, -0.15) is 0 Å². The summed E-state index contributed by atoms with van der Waals surface area (Å²) in [4.78, 5) is 1.32. The molecule has 0 N–H and O–H groups in total. The molecule has 0 saturated heterocycles. The van der Waals surface area contributed by atoms with Crippen molar-refractivity contribution in [3.63, 3.8) is 0 Å². The molecule has 1 heteroatoms. The summed E-state index contributed by atoms with van der Waals surface area (Å²) in [5.41, 5.74) is 6.81. The van der Waals surface area contributed by atoms with Gasteiger partial charge in [0.05, 0.1) is 0 Å². The van der Waals surface area contributed by atoms with Gasteiger partial charge in [-0.25, -0.2) is 0 Å². The third kappa shape index (κ3) is 5.34. The minimum absolute atomic E-state index is 0.240. The van der Waals surface area contributed by atoms with Crippen LogP contribution in [0.15, 0.2) is 77.7 Å². The number of hydrogen-bond donors (Lipinski definition) is 0. The van der Waals surface area contributed by atoms with E-state index in [1.807, 2.05) is 11.8 Å². The summed E-state index contributed by atoms with van der Waals surface area (Å²) < 4.78 is 0.240. The number of thioether (sulfide) groups is 1. The lowest BCUT2D eigenvalue weighted by atomic mass is 9.77. The van der Waals surface area contributed by atoms with E-state index in [1.165, 1.54) is 45.6 Å². The maximum absolute atomic E-state index is 2.36. The first-order chi connectivity index (χ1) is 13.7. The molecular formula is C28H34S. The van der Waals surface area contributed by atoms with Gasteiger partial charge >= 0.3 is 0 Å². The molecular weight excluding hydrogens is 368 g/mol. The predicted octanol–water partition coefficient (Wildman–Crippen LogP) is 8.99. The smallest absolute Gasteiger partial charge is 0.0122 e. The first-order valence-corrected chi connectivity index (χ1v) is 11.6. The van der Waals surface area contributed by atoms with Crippen molar-refractivity contribution < 1.29 is 0 Å². The zero-order valence-corrected chi connectivity index (χ0v) is 19.6. The lowest BCUT2D eigenvalue weighted by Gasteiger charge is -2.27. The largest absolute Gasteiger partial charge is 0.120 e. The molecule has 0 aliphatic heterocycles. The average Bonchev–Trinajstić information content (AvgIpc) is 2.73. The van der Waals surface area contributed by atoms with Gasteiger partial charge in [-0.3, -0.25) is 0 Å².